The van der Waals surface area contributed by atoms with E-state index >= 15 is 0 Å². The van der Waals surface area contributed by atoms with Crippen LogP contribution in [-0.4, -0.2) is 6.10 Å². The summed E-state index contributed by atoms with van der Waals surface area (Å²) >= 11 is 0. The topological polar surface area (TPSA) is 33.0 Å². The lowest BCUT2D eigenvalue weighted by atomic mass is 10.1. The third-order valence-corrected chi connectivity index (χ3v) is 1.62. The molecule has 0 aromatic heterocycles. The van der Waals surface area contributed by atoms with Gasteiger partial charge in [-0.25, -0.2) is 0 Å². The molecule has 2 nitrogen and oxygen atoms in total. The zero-order valence-electron chi connectivity index (χ0n) is 12.2. The lowest BCUT2D eigenvalue weighted by Crippen LogP contribution is -2.06. The Labute approximate surface area is 106 Å². The van der Waals surface area contributed by atoms with Gasteiger partial charge in [-0.3, -0.25) is 0 Å². The van der Waals surface area contributed by atoms with Crippen LogP contribution in [-0.2, 0) is 0 Å². The third kappa shape index (κ3) is 7.41. The second-order valence-electron chi connectivity index (χ2n) is 3.28. The van der Waals surface area contributed by atoms with Gasteiger partial charge < -0.3 is 4.74 Å². The highest BCUT2D eigenvalue weighted by Crippen LogP contribution is 2.20. The SMILES string of the molecule is CC.CC.Cc1ccc(C#N)c(OC(C)C)c1. The van der Waals surface area contributed by atoms with Crippen LogP contribution in [0, 0.1) is 18.3 Å². The smallest absolute Gasteiger partial charge is 0.137 e. The monoisotopic (exact) mass is 235 g/mol. The number of benzene rings is 1. The molecule has 0 saturated carbocycles. The van der Waals surface area contributed by atoms with Crippen LogP contribution >= 0.6 is 0 Å². The number of rotatable bonds is 2. The molecule has 0 saturated heterocycles. The van der Waals surface area contributed by atoms with Crippen molar-refractivity contribution in [3.05, 3.63) is 29.3 Å². The van der Waals surface area contributed by atoms with E-state index in [1.807, 2.05) is 60.6 Å². The first-order valence-electron chi connectivity index (χ1n) is 6.31. The van der Waals surface area contributed by atoms with E-state index in [9.17, 15) is 0 Å². The van der Waals surface area contributed by atoms with Crippen molar-refractivity contribution in [1.29, 1.82) is 5.26 Å². The molecule has 0 aliphatic carbocycles. The maximum Gasteiger partial charge on any atom is 0.137 e. The van der Waals surface area contributed by atoms with Crippen LogP contribution in [0.2, 0.25) is 0 Å². The average molecular weight is 235 g/mol. The van der Waals surface area contributed by atoms with Crippen molar-refractivity contribution in [3.8, 4) is 11.8 Å². The predicted octanol–water partition coefficient (Wildman–Crippen LogP) is 4.71. The van der Waals surface area contributed by atoms with Crippen molar-refractivity contribution in [1.82, 2.24) is 0 Å². The third-order valence-electron chi connectivity index (χ3n) is 1.62. The average Bonchev–Trinajstić information content (AvgIpc) is 2.34. The molecular weight excluding hydrogens is 210 g/mol. The van der Waals surface area contributed by atoms with Crippen LogP contribution in [0.3, 0.4) is 0 Å². The zero-order chi connectivity index (χ0) is 13.8. The molecule has 1 aromatic rings. The summed E-state index contributed by atoms with van der Waals surface area (Å²) in [5.41, 5.74) is 1.70. The molecule has 0 bridgehead atoms. The first kappa shape index (κ1) is 17.9. The summed E-state index contributed by atoms with van der Waals surface area (Å²) in [7, 11) is 0. The van der Waals surface area contributed by atoms with Gasteiger partial charge in [0.15, 0.2) is 0 Å². The molecule has 1 aromatic carbocycles. The molecule has 0 aliphatic rings. The Bertz CT molecular complexity index is 337. The zero-order valence-corrected chi connectivity index (χ0v) is 12.2. The normalized spacial score (nSPS) is 8.18. The van der Waals surface area contributed by atoms with Crippen LogP contribution in [0.15, 0.2) is 18.2 Å². The number of nitriles is 1. The number of nitrogens with zero attached hydrogens (tertiary/aromatic N) is 1. The van der Waals surface area contributed by atoms with Gasteiger partial charge >= 0.3 is 0 Å². The fraction of sp³-hybridized carbons (Fsp3) is 0.533. The summed E-state index contributed by atoms with van der Waals surface area (Å²) in [4.78, 5) is 0. The van der Waals surface area contributed by atoms with E-state index in [1.54, 1.807) is 6.07 Å². The van der Waals surface area contributed by atoms with Gasteiger partial charge in [-0.1, -0.05) is 33.8 Å². The van der Waals surface area contributed by atoms with E-state index in [0.717, 1.165) is 5.56 Å². The van der Waals surface area contributed by atoms with E-state index in [2.05, 4.69) is 6.07 Å². The first-order chi connectivity index (χ1) is 8.13. The fourth-order valence-corrected chi connectivity index (χ4v) is 1.07. The highest BCUT2D eigenvalue weighted by Gasteiger charge is 2.04. The van der Waals surface area contributed by atoms with Crippen molar-refractivity contribution in [2.75, 3.05) is 0 Å². The summed E-state index contributed by atoms with van der Waals surface area (Å²) in [5.74, 6) is 0.678. The Morgan fingerprint density at radius 1 is 1.12 bits per heavy atom. The highest BCUT2D eigenvalue weighted by molar-refractivity contribution is 5.45. The largest absolute Gasteiger partial charge is 0.490 e. The van der Waals surface area contributed by atoms with Crippen LogP contribution in [0.4, 0.5) is 0 Å². The van der Waals surface area contributed by atoms with E-state index in [0.29, 0.717) is 11.3 Å². The summed E-state index contributed by atoms with van der Waals surface area (Å²) < 4.78 is 5.49. The van der Waals surface area contributed by atoms with Crippen molar-refractivity contribution >= 4 is 0 Å². The van der Waals surface area contributed by atoms with Crippen LogP contribution in [0.25, 0.3) is 0 Å². The van der Waals surface area contributed by atoms with E-state index in [4.69, 9.17) is 10.00 Å². The Kier molecular flexibility index (Phi) is 11.6. The van der Waals surface area contributed by atoms with Crippen LogP contribution < -0.4 is 4.74 Å². The summed E-state index contributed by atoms with van der Waals surface area (Å²) in [6.07, 6.45) is 0.105. The minimum Gasteiger partial charge on any atom is -0.490 e. The van der Waals surface area contributed by atoms with Gasteiger partial charge in [-0.15, -0.1) is 0 Å². The molecule has 0 aliphatic heterocycles. The molecule has 0 atom stereocenters. The number of ether oxygens (including phenoxy) is 1. The van der Waals surface area contributed by atoms with Gasteiger partial charge in [0.1, 0.15) is 11.8 Å². The summed E-state index contributed by atoms with van der Waals surface area (Å²) in [5, 5.41) is 8.79. The molecule has 1 rings (SSSR count). The molecular formula is C15H25NO. The van der Waals surface area contributed by atoms with Gasteiger partial charge in [-0.05, 0) is 38.5 Å². The van der Waals surface area contributed by atoms with Crippen LogP contribution in [0.5, 0.6) is 5.75 Å². The van der Waals surface area contributed by atoms with Crippen molar-refractivity contribution < 1.29 is 4.74 Å². The van der Waals surface area contributed by atoms with Crippen molar-refractivity contribution in [2.24, 2.45) is 0 Å². The highest BCUT2D eigenvalue weighted by atomic mass is 16.5. The number of hydrogen-bond donors (Lipinski definition) is 0. The van der Waals surface area contributed by atoms with Gasteiger partial charge in [-0.2, -0.15) is 5.26 Å². The van der Waals surface area contributed by atoms with Crippen LogP contribution in [0.1, 0.15) is 52.7 Å². The second-order valence-corrected chi connectivity index (χ2v) is 3.28. The fourth-order valence-electron chi connectivity index (χ4n) is 1.07. The Morgan fingerprint density at radius 2 is 1.65 bits per heavy atom. The Hall–Kier alpha value is -1.49. The minimum atomic E-state index is 0.105. The quantitative estimate of drug-likeness (QED) is 0.744. The van der Waals surface area contributed by atoms with Gasteiger partial charge in [0.2, 0.25) is 0 Å². The molecule has 0 N–H and O–H groups in total. The number of hydrogen-bond acceptors (Lipinski definition) is 2. The lowest BCUT2D eigenvalue weighted by molar-refractivity contribution is 0.241. The lowest BCUT2D eigenvalue weighted by Gasteiger charge is -2.11. The molecule has 17 heavy (non-hydrogen) atoms. The molecule has 96 valence electrons. The molecule has 0 heterocycles. The van der Waals surface area contributed by atoms with Gasteiger partial charge in [0.05, 0.1) is 11.7 Å². The first-order valence-corrected chi connectivity index (χ1v) is 6.31. The maximum absolute atomic E-state index is 8.79. The van der Waals surface area contributed by atoms with Gasteiger partial charge in [0, 0.05) is 0 Å². The predicted molar refractivity (Wildman–Crippen MR) is 74.4 cm³/mol. The van der Waals surface area contributed by atoms with E-state index < -0.39 is 0 Å². The van der Waals surface area contributed by atoms with Crippen molar-refractivity contribution in [2.45, 2.75) is 54.6 Å². The maximum atomic E-state index is 8.79. The molecule has 0 radical (unpaired) electrons. The molecule has 0 amide bonds. The van der Waals surface area contributed by atoms with Crippen molar-refractivity contribution in [3.63, 3.8) is 0 Å². The molecule has 0 fully saturated rings. The van der Waals surface area contributed by atoms with E-state index in [-0.39, 0.29) is 6.10 Å². The molecule has 0 unspecified atom stereocenters. The second kappa shape index (κ2) is 11.0. The summed E-state index contributed by atoms with van der Waals surface area (Å²) in [6, 6.07) is 7.68. The Morgan fingerprint density at radius 3 is 2.06 bits per heavy atom. The molecule has 0 spiro atoms. The van der Waals surface area contributed by atoms with Gasteiger partial charge in [0.25, 0.3) is 0 Å². The molecule has 2 heteroatoms. The summed E-state index contributed by atoms with van der Waals surface area (Å²) in [6.45, 7) is 13.9. The standard InChI is InChI=1S/C11H13NO.2C2H6/c1-8(2)13-11-6-9(3)4-5-10(11)7-12;2*1-2/h4-6,8H,1-3H3;2*1-2H3. The number of aryl methyl sites for hydroxylation is 1. The van der Waals surface area contributed by atoms with E-state index in [1.165, 1.54) is 0 Å². The Balaban J connectivity index is 0. The minimum absolute atomic E-state index is 0.105.